The summed E-state index contributed by atoms with van der Waals surface area (Å²) in [4.78, 5) is 13.2. The number of carbonyl (C=O) groups excluding carboxylic acids is 1. The van der Waals surface area contributed by atoms with Crippen molar-refractivity contribution in [2.24, 2.45) is 0 Å². The van der Waals surface area contributed by atoms with Gasteiger partial charge in [0.05, 0.1) is 26.4 Å². The highest BCUT2D eigenvalue weighted by Gasteiger charge is 2.30. The lowest BCUT2D eigenvalue weighted by atomic mass is 10.1. The monoisotopic (exact) mass is 237 g/mol. The first-order valence-corrected chi connectivity index (χ1v) is 5.47. The highest BCUT2D eigenvalue weighted by atomic mass is 16.6. The summed E-state index contributed by atoms with van der Waals surface area (Å²) in [6.45, 7) is 0.290. The van der Waals surface area contributed by atoms with E-state index in [1.165, 1.54) is 4.90 Å². The molecule has 1 aromatic rings. The first kappa shape index (κ1) is 11.7. The minimum absolute atomic E-state index is 0.0683. The van der Waals surface area contributed by atoms with E-state index in [0.29, 0.717) is 18.7 Å². The van der Waals surface area contributed by atoms with Gasteiger partial charge in [-0.2, -0.15) is 0 Å². The maximum absolute atomic E-state index is 11.7. The molecule has 1 N–H and O–H groups in total. The van der Waals surface area contributed by atoms with Crippen LogP contribution in [0, 0.1) is 0 Å². The Bertz CT molecular complexity index is 390. The summed E-state index contributed by atoms with van der Waals surface area (Å²) in [7, 11) is 1.58. The van der Waals surface area contributed by atoms with Crippen molar-refractivity contribution >= 4 is 11.8 Å². The van der Waals surface area contributed by atoms with Gasteiger partial charge in [-0.25, -0.2) is 4.79 Å². The molecule has 1 amide bonds. The van der Waals surface area contributed by atoms with Gasteiger partial charge in [0, 0.05) is 12.1 Å². The predicted molar refractivity (Wildman–Crippen MR) is 62.3 cm³/mol. The molecule has 1 unspecified atom stereocenters. The van der Waals surface area contributed by atoms with Crippen molar-refractivity contribution in [3.05, 3.63) is 24.3 Å². The van der Waals surface area contributed by atoms with E-state index >= 15 is 0 Å². The van der Waals surface area contributed by atoms with Gasteiger partial charge in [-0.05, 0) is 24.3 Å². The minimum Gasteiger partial charge on any atom is -0.497 e. The number of carbonyl (C=O) groups is 1. The number of nitrogens with zero attached hydrogens (tertiary/aromatic N) is 1. The van der Waals surface area contributed by atoms with Crippen LogP contribution in [0.1, 0.15) is 6.42 Å². The molecule has 0 aromatic heterocycles. The summed E-state index contributed by atoms with van der Waals surface area (Å²) < 4.78 is 10.0. The molecule has 0 saturated carbocycles. The fourth-order valence-corrected chi connectivity index (χ4v) is 1.86. The molecule has 92 valence electrons. The van der Waals surface area contributed by atoms with Gasteiger partial charge >= 0.3 is 6.09 Å². The number of hydrogen-bond acceptors (Lipinski definition) is 4. The van der Waals surface area contributed by atoms with Crippen LogP contribution in [0.2, 0.25) is 0 Å². The lowest BCUT2D eigenvalue weighted by molar-refractivity contribution is 0.116. The maximum atomic E-state index is 11.7. The number of benzene rings is 1. The molecule has 1 aliphatic rings. The number of amides is 1. The molecule has 0 spiro atoms. The van der Waals surface area contributed by atoms with Gasteiger partial charge < -0.3 is 14.6 Å². The second-order valence-electron chi connectivity index (χ2n) is 3.81. The van der Waals surface area contributed by atoms with Gasteiger partial charge in [0.15, 0.2) is 0 Å². The van der Waals surface area contributed by atoms with Crippen molar-refractivity contribution < 1.29 is 19.4 Å². The van der Waals surface area contributed by atoms with E-state index in [9.17, 15) is 9.90 Å². The Morgan fingerprint density at radius 1 is 1.47 bits per heavy atom. The number of cyclic esters (lactones) is 1. The molecular weight excluding hydrogens is 222 g/mol. The van der Waals surface area contributed by atoms with E-state index in [2.05, 4.69) is 0 Å². The fourth-order valence-electron chi connectivity index (χ4n) is 1.86. The van der Waals surface area contributed by atoms with Crippen LogP contribution in [-0.4, -0.2) is 37.6 Å². The van der Waals surface area contributed by atoms with Crippen LogP contribution in [-0.2, 0) is 4.74 Å². The maximum Gasteiger partial charge on any atom is 0.414 e. The topological polar surface area (TPSA) is 59.0 Å². The zero-order valence-corrected chi connectivity index (χ0v) is 9.63. The number of aliphatic hydroxyl groups is 1. The highest BCUT2D eigenvalue weighted by molar-refractivity contribution is 5.89. The summed E-state index contributed by atoms with van der Waals surface area (Å²) in [5.74, 6) is 0.722. The SMILES string of the molecule is COc1ccc(N2C(=O)OCCC2CO)cc1. The molecule has 1 aromatic carbocycles. The van der Waals surface area contributed by atoms with Gasteiger partial charge in [-0.3, -0.25) is 4.90 Å². The first-order chi connectivity index (χ1) is 8.26. The van der Waals surface area contributed by atoms with Crippen LogP contribution >= 0.6 is 0 Å². The van der Waals surface area contributed by atoms with Crippen LogP contribution < -0.4 is 9.64 Å². The Hall–Kier alpha value is -1.75. The number of hydrogen-bond donors (Lipinski definition) is 1. The third kappa shape index (κ3) is 2.34. The Balaban J connectivity index is 2.25. The van der Waals surface area contributed by atoms with E-state index in [1.54, 1.807) is 31.4 Å². The molecule has 17 heavy (non-hydrogen) atoms. The minimum atomic E-state index is -0.416. The predicted octanol–water partition coefficient (Wildman–Crippen LogP) is 1.40. The van der Waals surface area contributed by atoms with Crippen LogP contribution in [0.3, 0.4) is 0 Å². The standard InChI is InChI=1S/C12H15NO4/c1-16-11-4-2-9(3-5-11)13-10(8-14)6-7-17-12(13)15/h2-5,10,14H,6-8H2,1H3. The second-order valence-corrected chi connectivity index (χ2v) is 3.81. The molecule has 2 rings (SSSR count). The van der Waals surface area contributed by atoms with Gasteiger partial charge in [0.2, 0.25) is 0 Å². The molecule has 5 heteroatoms. The van der Waals surface area contributed by atoms with Crippen LogP contribution in [0.4, 0.5) is 10.5 Å². The Morgan fingerprint density at radius 2 is 2.18 bits per heavy atom. The zero-order valence-electron chi connectivity index (χ0n) is 9.63. The average molecular weight is 237 g/mol. The van der Waals surface area contributed by atoms with E-state index in [-0.39, 0.29) is 12.6 Å². The normalized spacial score (nSPS) is 20.0. The number of methoxy groups -OCH3 is 1. The largest absolute Gasteiger partial charge is 0.497 e. The Labute approximate surface area is 99.6 Å². The number of rotatable bonds is 3. The summed E-state index contributed by atoms with van der Waals surface area (Å²) in [5, 5.41) is 9.27. The molecule has 1 aliphatic heterocycles. The lowest BCUT2D eigenvalue weighted by Gasteiger charge is -2.33. The van der Waals surface area contributed by atoms with Crippen molar-refractivity contribution in [1.29, 1.82) is 0 Å². The molecule has 1 fully saturated rings. The molecule has 1 heterocycles. The van der Waals surface area contributed by atoms with E-state index in [4.69, 9.17) is 9.47 Å². The van der Waals surface area contributed by atoms with Crippen molar-refractivity contribution in [3.63, 3.8) is 0 Å². The molecular formula is C12H15NO4. The van der Waals surface area contributed by atoms with Gasteiger partial charge in [-0.1, -0.05) is 0 Å². The molecule has 0 radical (unpaired) electrons. The third-order valence-electron chi connectivity index (χ3n) is 2.80. The quantitative estimate of drug-likeness (QED) is 0.863. The summed E-state index contributed by atoms with van der Waals surface area (Å²) in [6.07, 6.45) is 0.217. The molecule has 5 nitrogen and oxygen atoms in total. The van der Waals surface area contributed by atoms with E-state index in [0.717, 1.165) is 5.75 Å². The Kier molecular flexibility index (Phi) is 3.49. The van der Waals surface area contributed by atoms with E-state index in [1.807, 2.05) is 0 Å². The zero-order chi connectivity index (χ0) is 12.3. The van der Waals surface area contributed by atoms with E-state index < -0.39 is 6.09 Å². The Morgan fingerprint density at radius 3 is 2.76 bits per heavy atom. The fraction of sp³-hybridized carbons (Fsp3) is 0.417. The average Bonchev–Trinajstić information content (AvgIpc) is 2.38. The first-order valence-electron chi connectivity index (χ1n) is 5.47. The van der Waals surface area contributed by atoms with Crippen molar-refractivity contribution in [2.75, 3.05) is 25.2 Å². The number of anilines is 1. The summed E-state index contributed by atoms with van der Waals surface area (Å²) >= 11 is 0. The van der Waals surface area contributed by atoms with Crippen molar-refractivity contribution in [3.8, 4) is 5.75 Å². The van der Waals surface area contributed by atoms with Gasteiger partial charge in [0.25, 0.3) is 0 Å². The van der Waals surface area contributed by atoms with Crippen LogP contribution in [0.25, 0.3) is 0 Å². The van der Waals surface area contributed by atoms with Gasteiger partial charge in [-0.15, -0.1) is 0 Å². The third-order valence-corrected chi connectivity index (χ3v) is 2.80. The lowest BCUT2D eigenvalue weighted by Crippen LogP contribution is -2.47. The highest BCUT2D eigenvalue weighted by Crippen LogP contribution is 2.25. The second kappa shape index (κ2) is 5.05. The smallest absolute Gasteiger partial charge is 0.414 e. The van der Waals surface area contributed by atoms with Crippen molar-refractivity contribution in [2.45, 2.75) is 12.5 Å². The van der Waals surface area contributed by atoms with Crippen molar-refractivity contribution in [1.82, 2.24) is 0 Å². The van der Waals surface area contributed by atoms with Crippen LogP contribution in [0.5, 0.6) is 5.75 Å². The number of aliphatic hydroxyl groups excluding tert-OH is 1. The molecule has 1 atom stereocenters. The summed E-state index contributed by atoms with van der Waals surface area (Å²) in [5.41, 5.74) is 0.703. The number of ether oxygens (including phenoxy) is 2. The molecule has 0 aliphatic carbocycles. The molecule has 0 bridgehead atoms. The van der Waals surface area contributed by atoms with Gasteiger partial charge in [0.1, 0.15) is 5.75 Å². The van der Waals surface area contributed by atoms with Crippen LogP contribution in [0.15, 0.2) is 24.3 Å². The summed E-state index contributed by atoms with van der Waals surface area (Å²) in [6, 6.07) is 6.86. The molecule has 1 saturated heterocycles.